The number of hydrogen-bond acceptors (Lipinski definition) is 2. The molecule has 3 N–H and O–H groups in total. The molecule has 1 saturated heterocycles. The van der Waals surface area contributed by atoms with Gasteiger partial charge in [0.25, 0.3) is 5.91 Å². The highest BCUT2D eigenvalue weighted by Crippen LogP contribution is 2.25. The Hall–Kier alpha value is -1.59. The van der Waals surface area contributed by atoms with E-state index >= 15 is 0 Å². The number of carbonyl (C=O) groups is 1. The summed E-state index contributed by atoms with van der Waals surface area (Å²) in [4.78, 5) is 15.2. The van der Waals surface area contributed by atoms with Crippen LogP contribution in [0, 0.1) is 0 Å². The van der Waals surface area contributed by atoms with Gasteiger partial charge in [-0.1, -0.05) is 13.3 Å². The normalized spacial score (nSPS) is 23.6. The molecule has 2 heterocycles. The molecule has 0 unspecified atom stereocenters. The van der Waals surface area contributed by atoms with E-state index in [1.54, 1.807) is 4.90 Å². The van der Waals surface area contributed by atoms with Gasteiger partial charge in [0.05, 0.1) is 6.61 Å². The fourth-order valence-electron chi connectivity index (χ4n) is 4.01. The van der Waals surface area contributed by atoms with Crippen LogP contribution in [-0.4, -0.2) is 51.3 Å². The zero-order chi connectivity index (χ0) is 17.6. The van der Waals surface area contributed by atoms with Crippen molar-refractivity contribution in [3.63, 3.8) is 0 Å². The molecule has 0 aliphatic carbocycles. The van der Waals surface area contributed by atoms with Gasteiger partial charge in [0.2, 0.25) is 0 Å². The van der Waals surface area contributed by atoms with Crippen LogP contribution in [0.4, 0.5) is 0 Å². The molecule has 25 heavy (non-hydrogen) atoms. The van der Waals surface area contributed by atoms with Crippen molar-refractivity contribution >= 4 is 5.91 Å². The number of ether oxygens (including phenoxy) is 1. The molecule has 0 saturated carbocycles. The Labute approximate surface area is 151 Å². The van der Waals surface area contributed by atoms with E-state index in [9.17, 15) is 4.79 Å². The lowest BCUT2D eigenvalue weighted by atomic mass is 10.1. The van der Waals surface area contributed by atoms with E-state index in [4.69, 9.17) is 4.74 Å². The van der Waals surface area contributed by atoms with E-state index in [1.807, 2.05) is 0 Å². The molecular formula is C20H33N3O2+2. The molecule has 0 spiro atoms. The standard InChI is InChI=1S/C20H31N3O2/c1-3-4-16(2)21-20(24)15-23-10-8-22(9-11-23)14-17-5-6-19-18(13-17)7-12-25-19/h5-6,13,16H,3-4,7-12,14-15H2,1-2H3,(H,21,24)/p+2/t16-/m0/s1. The van der Waals surface area contributed by atoms with E-state index in [0.29, 0.717) is 12.6 Å². The lowest BCUT2D eigenvalue weighted by Gasteiger charge is -2.29. The minimum absolute atomic E-state index is 0.207. The lowest BCUT2D eigenvalue weighted by molar-refractivity contribution is -1.02. The van der Waals surface area contributed by atoms with Crippen LogP contribution >= 0.6 is 0 Å². The molecule has 0 aromatic heterocycles. The second-order valence-corrected chi connectivity index (χ2v) is 7.65. The average molecular weight is 348 g/mol. The van der Waals surface area contributed by atoms with Crippen LogP contribution in [0.25, 0.3) is 0 Å². The van der Waals surface area contributed by atoms with Gasteiger partial charge >= 0.3 is 0 Å². The Morgan fingerprint density at radius 1 is 1.24 bits per heavy atom. The number of fused-ring (bicyclic) bond motifs is 1. The maximum absolute atomic E-state index is 12.1. The van der Waals surface area contributed by atoms with Crippen LogP contribution in [-0.2, 0) is 17.8 Å². The molecule has 3 rings (SSSR count). The maximum Gasteiger partial charge on any atom is 0.275 e. The van der Waals surface area contributed by atoms with Gasteiger partial charge in [-0.15, -0.1) is 0 Å². The quantitative estimate of drug-likeness (QED) is 0.605. The first-order valence-corrected chi connectivity index (χ1v) is 9.85. The van der Waals surface area contributed by atoms with E-state index < -0.39 is 0 Å². The van der Waals surface area contributed by atoms with Gasteiger partial charge in [-0.2, -0.15) is 0 Å². The highest BCUT2D eigenvalue weighted by molar-refractivity contribution is 5.77. The number of piperazine rings is 1. The second kappa shape index (κ2) is 8.68. The first kappa shape index (κ1) is 18.2. The molecule has 1 aromatic rings. The number of amides is 1. The van der Waals surface area contributed by atoms with Crippen molar-refractivity contribution in [2.75, 3.05) is 39.3 Å². The van der Waals surface area contributed by atoms with Crippen molar-refractivity contribution in [1.29, 1.82) is 0 Å². The largest absolute Gasteiger partial charge is 0.493 e. The molecule has 1 fully saturated rings. The molecule has 1 aromatic carbocycles. The van der Waals surface area contributed by atoms with Crippen molar-refractivity contribution < 1.29 is 19.3 Å². The van der Waals surface area contributed by atoms with Crippen LogP contribution in [0.1, 0.15) is 37.8 Å². The minimum Gasteiger partial charge on any atom is -0.493 e. The Kier molecular flexibility index (Phi) is 6.32. The monoisotopic (exact) mass is 347 g/mol. The zero-order valence-electron chi connectivity index (χ0n) is 15.7. The van der Waals surface area contributed by atoms with Gasteiger partial charge in [-0.05, 0) is 37.1 Å². The fourth-order valence-corrected chi connectivity index (χ4v) is 4.01. The number of carbonyl (C=O) groups excluding carboxylic acids is 1. The summed E-state index contributed by atoms with van der Waals surface area (Å²) in [5.41, 5.74) is 2.77. The van der Waals surface area contributed by atoms with Gasteiger partial charge in [0, 0.05) is 18.0 Å². The van der Waals surface area contributed by atoms with Gasteiger partial charge in [0.1, 0.15) is 38.5 Å². The zero-order valence-corrected chi connectivity index (χ0v) is 15.7. The van der Waals surface area contributed by atoms with Crippen molar-refractivity contribution in [3.05, 3.63) is 29.3 Å². The summed E-state index contributed by atoms with van der Waals surface area (Å²) >= 11 is 0. The Balaban J connectivity index is 1.40. The Bertz CT molecular complexity index is 582. The van der Waals surface area contributed by atoms with Gasteiger partial charge in [0.15, 0.2) is 6.54 Å². The van der Waals surface area contributed by atoms with Gasteiger partial charge in [-0.3, -0.25) is 4.79 Å². The molecule has 0 bridgehead atoms. The molecule has 5 nitrogen and oxygen atoms in total. The van der Waals surface area contributed by atoms with Crippen LogP contribution < -0.4 is 19.9 Å². The topological polar surface area (TPSA) is 47.2 Å². The third-order valence-corrected chi connectivity index (χ3v) is 5.41. The summed E-state index contributed by atoms with van der Waals surface area (Å²) < 4.78 is 5.59. The molecular weight excluding hydrogens is 314 g/mol. The predicted octanol–water partition coefficient (Wildman–Crippen LogP) is -0.790. The summed E-state index contributed by atoms with van der Waals surface area (Å²) in [6.07, 6.45) is 3.22. The smallest absolute Gasteiger partial charge is 0.275 e. The van der Waals surface area contributed by atoms with Crippen LogP contribution in [0.15, 0.2) is 18.2 Å². The molecule has 138 valence electrons. The maximum atomic E-state index is 12.1. The Morgan fingerprint density at radius 2 is 2.00 bits per heavy atom. The van der Waals surface area contributed by atoms with Crippen LogP contribution in [0.5, 0.6) is 5.75 Å². The molecule has 1 amide bonds. The van der Waals surface area contributed by atoms with Crippen molar-refractivity contribution in [2.45, 2.75) is 45.7 Å². The third-order valence-electron chi connectivity index (χ3n) is 5.41. The summed E-state index contributed by atoms with van der Waals surface area (Å²) in [7, 11) is 0. The van der Waals surface area contributed by atoms with Crippen molar-refractivity contribution in [1.82, 2.24) is 5.32 Å². The summed E-state index contributed by atoms with van der Waals surface area (Å²) in [5.74, 6) is 1.27. The number of rotatable bonds is 7. The lowest BCUT2D eigenvalue weighted by Crippen LogP contribution is -3.28. The van der Waals surface area contributed by atoms with E-state index in [-0.39, 0.29) is 5.91 Å². The van der Waals surface area contributed by atoms with Crippen LogP contribution in [0.3, 0.4) is 0 Å². The number of nitrogens with one attached hydrogen (secondary N) is 3. The first-order chi connectivity index (χ1) is 12.1. The van der Waals surface area contributed by atoms with E-state index in [1.165, 1.54) is 16.0 Å². The highest BCUT2D eigenvalue weighted by atomic mass is 16.5. The third kappa shape index (κ3) is 5.19. The fraction of sp³-hybridized carbons (Fsp3) is 0.650. The van der Waals surface area contributed by atoms with Crippen molar-refractivity contribution in [2.24, 2.45) is 0 Å². The van der Waals surface area contributed by atoms with Gasteiger partial charge < -0.3 is 19.9 Å². The van der Waals surface area contributed by atoms with Crippen molar-refractivity contribution in [3.8, 4) is 5.75 Å². The number of benzene rings is 1. The SMILES string of the molecule is CCC[C@H](C)NC(=O)C[NH+]1CC[NH+](Cc2ccc3c(c2)CCO3)CC1. The highest BCUT2D eigenvalue weighted by Gasteiger charge is 2.25. The molecule has 2 aliphatic rings. The minimum atomic E-state index is 0.207. The number of hydrogen-bond donors (Lipinski definition) is 3. The Morgan fingerprint density at radius 3 is 2.76 bits per heavy atom. The number of quaternary nitrogens is 2. The molecule has 0 radical (unpaired) electrons. The first-order valence-electron chi connectivity index (χ1n) is 9.85. The van der Waals surface area contributed by atoms with Crippen LogP contribution in [0.2, 0.25) is 0 Å². The predicted molar refractivity (Wildman–Crippen MR) is 98.1 cm³/mol. The average Bonchev–Trinajstić information content (AvgIpc) is 3.04. The summed E-state index contributed by atoms with van der Waals surface area (Å²) in [6, 6.07) is 6.95. The molecule has 2 aliphatic heterocycles. The summed E-state index contributed by atoms with van der Waals surface area (Å²) in [5, 5.41) is 3.12. The van der Waals surface area contributed by atoms with E-state index in [0.717, 1.165) is 64.3 Å². The molecule has 5 heteroatoms. The van der Waals surface area contributed by atoms with Gasteiger partial charge in [-0.25, -0.2) is 0 Å². The van der Waals surface area contributed by atoms with E-state index in [2.05, 4.69) is 37.4 Å². The second-order valence-electron chi connectivity index (χ2n) is 7.65. The molecule has 1 atom stereocenters. The summed E-state index contributed by atoms with van der Waals surface area (Å²) in [6.45, 7) is 11.2.